The number of carbonyl (C=O) groups is 1. The van der Waals surface area contributed by atoms with E-state index < -0.39 is 0 Å². The van der Waals surface area contributed by atoms with Gasteiger partial charge in [-0.3, -0.25) is 9.69 Å². The van der Waals surface area contributed by atoms with Crippen LogP contribution in [0, 0.1) is 5.92 Å². The maximum atomic E-state index is 12.9. The Kier molecular flexibility index (Phi) is 6.20. The van der Waals surface area contributed by atoms with Crippen LogP contribution in [0.2, 0.25) is 0 Å². The minimum atomic E-state index is -0.0445. The molecule has 0 bridgehead atoms. The molecule has 0 fully saturated rings. The third-order valence-electron chi connectivity index (χ3n) is 5.66. The molecule has 2 aromatic rings. The Labute approximate surface area is 172 Å². The van der Waals surface area contributed by atoms with Gasteiger partial charge in [-0.1, -0.05) is 30.4 Å². The molecule has 2 heterocycles. The van der Waals surface area contributed by atoms with Crippen molar-refractivity contribution in [3.63, 3.8) is 0 Å². The fourth-order valence-corrected chi connectivity index (χ4v) is 4.38. The van der Waals surface area contributed by atoms with Crippen LogP contribution in [0.1, 0.15) is 31.9 Å². The van der Waals surface area contributed by atoms with E-state index in [2.05, 4.69) is 73.5 Å². The zero-order valence-corrected chi connectivity index (χ0v) is 18.0. The van der Waals surface area contributed by atoms with Crippen molar-refractivity contribution >= 4 is 39.6 Å². The molecule has 1 aliphatic carbocycles. The summed E-state index contributed by atoms with van der Waals surface area (Å²) in [6, 6.07) is 6.82. The SMILES string of the molecule is CC(N)=S.CCN(CC)C(=O)[C@@H]1C=C2c3cccc4[nH]cc(c34)C[C@H]2N(C)C1. The Balaban J connectivity index is 0.000000516. The topological polar surface area (TPSA) is 65.4 Å². The van der Waals surface area contributed by atoms with Gasteiger partial charge in [0, 0.05) is 42.8 Å². The lowest BCUT2D eigenvalue weighted by atomic mass is 9.79. The van der Waals surface area contributed by atoms with Crippen LogP contribution in [0.5, 0.6) is 0 Å². The highest BCUT2D eigenvalue weighted by Gasteiger charge is 2.36. The number of amides is 1. The van der Waals surface area contributed by atoms with E-state index in [4.69, 9.17) is 5.73 Å². The number of nitrogens with two attached hydrogens (primary N) is 1. The Morgan fingerprint density at radius 3 is 2.68 bits per heavy atom. The zero-order valence-electron chi connectivity index (χ0n) is 17.2. The number of thiocarbonyl (C=S) groups is 1. The highest BCUT2D eigenvalue weighted by atomic mass is 32.1. The molecule has 1 aliphatic heterocycles. The summed E-state index contributed by atoms with van der Waals surface area (Å²) in [5.41, 5.74) is 10.1. The van der Waals surface area contributed by atoms with Gasteiger partial charge in [0.25, 0.3) is 0 Å². The third kappa shape index (κ3) is 3.84. The van der Waals surface area contributed by atoms with Crippen molar-refractivity contribution in [2.75, 3.05) is 26.7 Å². The first-order valence-corrected chi connectivity index (χ1v) is 10.3. The lowest BCUT2D eigenvalue weighted by Crippen LogP contribution is -2.47. The lowest BCUT2D eigenvalue weighted by Gasteiger charge is -2.40. The summed E-state index contributed by atoms with van der Waals surface area (Å²) >= 11 is 4.31. The summed E-state index contributed by atoms with van der Waals surface area (Å²) in [5.74, 6) is 0.210. The van der Waals surface area contributed by atoms with Crippen LogP contribution in [0.3, 0.4) is 0 Å². The number of rotatable bonds is 3. The molecular formula is C22H30N4OS. The first-order chi connectivity index (χ1) is 13.4. The number of fused-ring (bicyclic) bond motifs is 2. The van der Waals surface area contributed by atoms with Crippen LogP contribution < -0.4 is 5.73 Å². The van der Waals surface area contributed by atoms with Gasteiger partial charge in [-0.25, -0.2) is 0 Å². The normalized spacial score (nSPS) is 20.6. The quantitative estimate of drug-likeness (QED) is 0.780. The van der Waals surface area contributed by atoms with E-state index in [-0.39, 0.29) is 11.8 Å². The molecule has 3 N–H and O–H groups in total. The van der Waals surface area contributed by atoms with Gasteiger partial charge < -0.3 is 15.6 Å². The highest BCUT2D eigenvalue weighted by Crippen LogP contribution is 2.40. The molecule has 6 heteroatoms. The molecule has 0 saturated carbocycles. The molecule has 2 atom stereocenters. The molecule has 1 aromatic carbocycles. The number of H-pyrrole nitrogens is 1. The summed E-state index contributed by atoms with van der Waals surface area (Å²) in [5, 5.41) is 1.34. The smallest absolute Gasteiger partial charge is 0.230 e. The Morgan fingerprint density at radius 1 is 1.36 bits per heavy atom. The predicted molar refractivity (Wildman–Crippen MR) is 120 cm³/mol. The van der Waals surface area contributed by atoms with Gasteiger partial charge in [0.1, 0.15) is 0 Å². The number of hydrogen-bond acceptors (Lipinski definition) is 3. The van der Waals surface area contributed by atoms with E-state index in [1.165, 1.54) is 27.6 Å². The third-order valence-corrected chi connectivity index (χ3v) is 5.66. The van der Waals surface area contributed by atoms with Gasteiger partial charge in [0.15, 0.2) is 0 Å². The number of benzene rings is 1. The highest BCUT2D eigenvalue weighted by molar-refractivity contribution is 7.80. The molecule has 4 rings (SSSR count). The van der Waals surface area contributed by atoms with Gasteiger partial charge in [-0.15, -0.1) is 0 Å². The van der Waals surface area contributed by atoms with E-state index in [1.807, 2.05) is 4.90 Å². The summed E-state index contributed by atoms with van der Waals surface area (Å²) in [7, 11) is 2.15. The van der Waals surface area contributed by atoms with Crippen molar-refractivity contribution in [2.45, 2.75) is 33.2 Å². The molecule has 0 radical (unpaired) electrons. The maximum Gasteiger partial charge on any atom is 0.230 e. The van der Waals surface area contributed by atoms with Gasteiger partial charge >= 0.3 is 0 Å². The van der Waals surface area contributed by atoms with Crippen molar-refractivity contribution in [3.8, 4) is 0 Å². The first kappa shape index (κ1) is 20.6. The molecular weight excluding hydrogens is 368 g/mol. The van der Waals surface area contributed by atoms with Crippen molar-refractivity contribution in [3.05, 3.63) is 41.6 Å². The second-order valence-electron chi connectivity index (χ2n) is 7.55. The standard InChI is InChI=1S/C20H25N3O.C2H5NS/c1-4-23(5-2)20(24)14-9-16-15-7-6-8-17-19(15)13(11-21-17)10-18(16)22(3)12-14;1-2(3)4/h6-9,11,14,18,21H,4-5,10,12H2,1-3H3;1H3,(H2,3,4)/t14-,18-;/m1./s1. The van der Waals surface area contributed by atoms with Crippen LogP contribution in [-0.2, 0) is 11.2 Å². The van der Waals surface area contributed by atoms with Crippen molar-refractivity contribution in [2.24, 2.45) is 11.7 Å². The predicted octanol–water partition coefficient (Wildman–Crippen LogP) is 3.20. The van der Waals surface area contributed by atoms with Gasteiger partial charge in [0.2, 0.25) is 5.91 Å². The molecule has 0 spiro atoms. The number of nitrogens with one attached hydrogen (secondary N) is 1. The van der Waals surface area contributed by atoms with E-state index in [1.54, 1.807) is 6.92 Å². The fourth-order valence-electron chi connectivity index (χ4n) is 4.38. The van der Waals surface area contributed by atoms with Crippen LogP contribution in [0.15, 0.2) is 30.5 Å². The number of hydrogen-bond donors (Lipinski definition) is 2. The van der Waals surface area contributed by atoms with Crippen molar-refractivity contribution in [1.29, 1.82) is 0 Å². The average Bonchev–Trinajstić information content (AvgIpc) is 3.07. The van der Waals surface area contributed by atoms with Gasteiger partial charge in [-0.05, 0) is 57.0 Å². The molecule has 0 unspecified atom stereocenters. The Morgan fingerprint density at radius 2 is 2.04 bits per heavy atom. The number of nitrogens with zero attached hydrogens (tertiary/aromatic N) is 2. The summed E-state index contributed by atoms with van der Waals surface area (Å²) in [6.45, 7) is 8.14. The van der Waals surface area contributed by atoms with E-state index in [9.17, 15) is 4.79 Å². The van der Waals surface area contributed by atoms with Crippen molar-refractivity contribution in [1.82, 2.24) is 14.8 Å². The molecule has 2 aliphatic rings. The monoisotopic (exact) mass is 398 g/mol. The minimum absolute atomic E-state index is 0.0445. The lowest BCUT2D eigenvalue weighted by molar-refractivity contribution is -0.134. The summed E-state index contributed by atoms with van der Waals surface area (Å²) in [4.78, 5) is 21.1. The van der Waals surface area contributed by atoms with E-state index >= 15 is 0 Å². The van der Waals surface area contributed by atoms with E-state index in [0.29, 0.717) is 11.0 Å². The van der Waals surface area contributed by atoms with Gasteiger partial charge in [0.05, 0.1) is 10.9 Å². The molecule has 150 valence electrons. The summed E-state index contributed by atoms with van der Waals surface area (Å²) in [6.07, 6.45) is 5.41. The van der Waals surface area contributed by atoms with Gasteiger partial charge in [-0.2, -0.15) is 0 Å². The van der Waals surface area contributed by atoms with Crippen LogP contribution >= 0.6 is 12.2 Å². The van der Waals surface area contributed by atoms with Crippen LogP contribution in [-0.4, -0.2) is 58.4 Å². The molecule has 28 heavy (non-hydrogen) atoms. The molecule has 1 aromatic heterocycles. The largest absolute Gasteiger partial charge is 0.394 e. The number of carbonyl (C=O) groups excluding carboxylic acids is 1. The molecule has 5 nitrogen and oxygen atoms in total. The maximum absolute atomic E-state index is 12.9. The zero-order chi connectivity index (χ0) is 20.4. The number of aromatic amines is 1. The minimum Gasteiger partial charge on any atom is -0.394 e. The number of likely N-dealkylation sites (N-methyl/N-ethyl adjacent to an activating group) is 1. The van der Waals surface area contributed by atoms with Crippen LogP contribution in [0.25, 0.3) is 16.5 Å². The first-order valence-electron chi connectivity index (χ1n) is 9.93. The second kappa shape index (κ2) is 8.45. The number of aromatic nitrogens is 1. The fraction of sp³-hybridized carbons (Fsp3) is 0.455. The average molecular weight is 399 g/mol. The second-order valence-corrected chi connectivity index (χ2v) is 8.20. The summed E-state index contributed by atoms with van der Waals surface area (Å²) < 4.78 is 0. The molecule has 1 amide bonds. The van der Waals surface area contributed by atoms with Crippen molar-refractivity contribution < 1.29 is 4.79 Å². The van der Waals surface area contributed by atoms with Crippen LogP contribution in [0.4, 0.5) is 0 Å². The Bertz CT molecular complexity index is 908. The molecule has 0 saturated heterocycles. The Hall–Kier alpha value is -2.18. The van der Waals surface area contributed by atoms with E-state index in [0.717, 1.165) is 26.1 Å².